The minimum absolute atomic E-state index is 0.152. The van der Waals surface area contributed by atoms with Crippen LogP contribution in [0.5, 0.6) is 11.5 Å². The Balaban J connectivity index is 1.61. The lowest BCUT2D eigenvalue weighted by molar-refractivity contribution is -0.136. The number of nitrogens with two attached hydrogens (primary N) is 1. The van der Waals surface area contributed by atoms with Gasteiger partial charge in [0.25, 0.3) is 0 Å². The number of carboxylic acids is 1. The smallest absolute Gasteiger partial charge is 0.307 e. The Morgan fingerprint density at radius 3 is 2.65 bits per heavy atom. The van der Waals surface area contributed by atoms with E-state index in [2.05, 4.69) is 12.1 Å². The predicted molar refractivity (Wildman–Crippen MR) is 118 cm³/mol. The van der Waals surface area contributed by atoms with Crippen LogP contribution in [0.1, 0.15) is 16.7 Å². The van der Waals surface area contributed by atoms with Crippen molar-refractivity contribution in [2.24, 2.45) is 5.73 Å². The van der Waals surface area contributed by atoms with Crippen LogP contribution in [-0.2, 0) is 24.4 Å². The van der Waals surface area contributed by atoms with E-state index in [9.17, 15) is 9.90 Å². The summed E-state index contributed by atoms with van der Waals surface area (Å²) in [6.07, 6.45) is 1.52. The summed E-state index contributed by atoms with van der Waals surface area (Å²) >= 11 is 0. The van der Waals surface area contributed by atoms with Crippen molar-refractivity contribution in [3.8, 4) is 22.6 Å². The molecule has 1 aromatic heterocycles. The first-order valence-electron chi connectivity index (χ1n) is 9.88. The quantitative estimate of drug-likeness (QED) is 0.429. The van der Waals surface area contributed by atoms with Crippen LogP contribution in [0.25, 0.3) is 22.1 Å². The highest BCUT2D eigenvalue weighted by Crippen LogP contribution is 2.30. The summed E-state index contributed by atoms with van der Waals surface area (Å²) in [4.78, 5) is 11.2. The fraction of sp³-hybridized carbons (Fsp3) is 0.160. The first-order chi connectivity index (χ1) is 15.1. The molecule has 0 atom stereocenters. The lowest BCUT2D eigenvalue weighted by Gasteiger charge is -2.11. The molecular formula is C25H23NO5. The zero-order chi connectivity index (χ0) is 21.8. The maximum absolute atomic E-state index is 11.2. The molecule has 0 aliphatic heterocycles. The molecule has 0 amide bonds. The number of hydrogen-bond acceptors (Lipinski definition) is 5. The lowest BCUT2D eigenvalue weighted by Crippen LogP contribution is -2.04. The Kier molecular flexibility index (Phi) is 5.91. The van der Waals surface area contributed by atoms with Crippen LogP contribution in [0, 0.1) is 0 Å². The van der Waals surface area contributed by atoms with Gasteiger partial charge in [0.2, 0.25) is 0 Å². The number of aliphatic carboxylic acids is 1. The minimum Gasteiger partial charge on any atom is -0.497 e. The van der Waals surface area contributed by atoms with Gasteiger partial charge in [-0.15, -0.1) is 0 Å². The first-order valence-corrected chi connectivity index (χ1v) is 9.88. The second kappa shape index (κ2) is 8.93. The molecule has 158 valence electrons. The number of methoxy groups -OCH3 is 1. The van der Waals surface area contributed by atoms with E-state index in [0.717, 1.165) is 33.2 Å². The van der Waals surface area contributed by atoms with Gasteiger partial charge in [0.05, 0.1) is 19.8 Å². The third kappa shape index (κ3) is 4.54. The number of rotatable bonds is 8. The zero-order valence-corrected chi connectivity index (χ0v) is 17.1. The van der Waals surface area contributed by atoms with Crippen LogP contribution in [0.3, 0.4) is 0 Å². The van der Waals surface area contributed by atoms with Crippen molar-refractivity contribution in [3.63, 3.8) is 0 Å². The van der Waals surface area contributed by atoms with Gasteiger partial charge in [-0.05, 0) is 53.1 Å². The van der Waals surface area contributed by atoms with Crippen LogP contribution >= 0.6 is 0 Å². The second-order valence-electron chi connectivity index (χ2n) is 7.21. The van der Waals surface area contributed by atoms with Crippen LogP contribution in [0.4, 0.5) is 0 Å². The van der Waals surface area contributed by atoms with Gasteiger partial charge in [-0.1, -0.05) is 24.3 Å². The number of fused-ring (bicyclic) bond motifs is 1. The molecule has 0 unspecified atom stereocenters. The fourth-order valence-corrected chi connectivity index (χ4v) is 3.53. The summed E-state index contributed by atoms with van der Waals surface area (Å²) in [6.45, 7) is 0.736. The zero-order valence-electron chi connectivity index (χ0n) is 17.1. The molecule has 1 heterocycles. The highest BCUT2D eigenvalue weighted by atomic mass is 16.5. The average molecular weight is 417 g/mol. The highest BCUT2D eigenvalue weighted by Gasteiger charge is 2.13. The number of ether oxygens (including phenoxy) is 2. The van der Waals surface area contributed by atoms with Gasteiger partial charge in [-0.3, -0.25) is 4.79 Å². The topological polar surface area (TPSA) is 94.9 Å². The highest BCUT2D eigenvalue weighted by molar-refractivity contribution is 5.86. The van der Waals surface area contributed by atoms with Gasteiger partial charge < -0.3 is 24.7 Å². The molecule has 0 saturated heterocycles. The molecule has 0 aliphatic rings. The van der Waals surface area contributed by atoms with Crippen molar-refractivity contribution in [1.29, 1.82) is 0 Å². The van der Waals surface area contributed by atoms with Crippen molar-refractivity contribution < 1.29 is 23.8 Å². The van der Waals surface area contributed by atoms with Crippen LogP contribution in [-0.4, -0.2) is 18.2 Å². The van der Waals surface area contributed by atoms with Gasteiger partial charge in [0, 0.05) is 23.1 Å². The van der Waals surface area contributed by atoms with E-state index in [0.29, 0.717) is 23.6 Å². The molecule has 31 heavy (non-hydrogen) atoms. The Hall–Kier alpha value is -3.77. The molecular weight excluding hydrogens is 394 g/mol. The summed E-state index contributed by atoms with van der Waals surface area (Å²) in [7, 11) is 1.54. The number of furan rings is 1. The van der Waals surface area contributed by atoms with Gasteiger partial charge in [-0.25, -0.2) is 0 Å². The number of benzene rings is 3. The Morgan fingerprint density at radius 2 is 1.87 bits per heavy atom. The first kappa shape index (κ1) is 20.5. The Bertz CT molecular complexity index is 1230. The maximum atomic E-state index is 11.2. The van der Waals surface area contributed by atoms with Gasteiger partial charge >= 0.3 is 5.97 Å². The fourth-order valence-electron chi connectivity index (χ4n) is 3.53. The average Bonchev–Trinajstić information content (AvgIpc) is 3.20. The lowest BCUT2D eigenvalue weighted by atomic mass is 10.0. The van der Waals surface area contributed by atoms with Crippen molar-refractivity contribution >= 4 is 16.9 Å². The van der Waals surface area contributed by atoms with Gasteiger partial charge in [0.1, 0.15) is 23.7 Å². The van der Waals surface area contributed by atoms with Crippen LogP contribution in [0.15, 0.2) is 71.3 Å². The van der Waals surface area contributed by atoms with Crippen LogP contribution < -0.4 is 15.2 Å². The van der Waals surface area contributed by atoms with E-state index in [1.165, 1.54) is 0 Å². The SMILES string of the molecule is COc1ccc(OCc2coc3ccc(-c4cccc(CN)c4)cc23)c(CC(=O)O)c1. The van der Waals surface area contributed by atoms with E-state index < -0.39 is 5.97 Å². The third-order valence-electron chi connectivity index (χ3n) is 5.14. The molecule has 6 nitrogen and oxygen atoms in total. The molecule has 0 fully saturated rings. The summed E-state index contributed by atoms with van der Waals surface area (Å²) in [5, 5.41) is 10.2. The second-order valence-corrected chi connectivity index (χ2v) is 7.21. The molecule has 0 saturated carbocycles. The summed E-state index contributed by atoms with van der Waals surface area (Å²) in [5.74, 6) is 0.155. The number of carbonyl (C=O) groups is 1. The molecule has 0 bridgehead atoms. The van der Waals surface area contributed by atoms with Crippen molar-refractivity contribution in [2.75, 3.05) is 7.11 Å². The van der Waals surface area contributed by atoms with Crippen molar-refractivity contribution in [3.05, 3.63) is 83.6 Å². The monoisotopic (exact) mass is 417 g/mol. The van der Waals surface area contributed by atoms with E-state index in [1.54, 1.807) is 31.6 Å². The summed E-state index contributed by atoms with van der Waals surface area (Å²) in [5.41, 5.74) is 11.2. The van der Waals surface area contributed by atoms with Gasteiger partial charge in [-0.2, -0.15) is 0 Å². The minimum atomic E-state index is -0.934. The third-order valence-corrected chi connectivity index (χ3v) is 5.14. The molecule has 4 rings (SSSR count). The van der Waals surface area contributed by atoms with Crippen molar-refractivity contribution in [2.45, 2.75) is 19.6 Å². The summed E-state index contributed by atoms with van der Waals surface area (Å²) < 4.78 is 16.9. The molecule has 0 aliphatic carbocycles. The molecule has 6 heteroatoms. The largest absolute Gasteiger partial charge is 0.497 e. The van der Waals surface area contributed by atoms with Crippen LogP contribution in [0.2, 0.25) is 0 Å². The molecule has 3 N–H and O–H groups in total. The molecule has 4 aromatic rings. The molecule has 0 spiro atoms. The summed E-state index contributed by atoms with van der Waals surface area (Å²) in [6, 6.07) is 19.3. The van der Waals surface area contributed by atoms with E-state index >= 15 is 0 Å². The number of hydrogen-bond donors (Lipinski definition) is 2. The molecule has 0 radical (unpaired) electrons. The number of carboxylic acid groups (broad SMARTS) is 1. The normalized spacial score (nSPS) is 10.9. The Morgan fingerprint density at radius 1 is 1.03 bits per heavy atom. The standard InChI is InChI=1S/C25H23NO5/c1-29-21-6-8-23(19(10-21)12-25(27)28)30-14-20-15-31-24-7-5-18(11-22(20)24)17-4-2-3-16(9-17)13-26/h2-11,15H,12-14,26H2,1H3,(H,27,28). The predicted octanol–water partition coefficient (Wildman–Crippen LogP) is 4.77. The van der Waals surface area contributed by atoms with Gasteiger partial charge in [0.15, 0.2) is 0 Å². The van der Waals surface area contributed by atoms with E-state index in [4.69, 9.17) is 19.6 Å². The van der Waals surface area contributed by atoms with E-state index in [-0.39, 0.29) is 13.0 Å². The van der Waals surface area contributed by atoms with Crippen molar-refractivity contribution in [1.82, 2.24) is 0 Å². The maximum Gasteiger partial charge on any atom is 0.307 e. The molecule has 3 aromatic carbocycles. The Labute approximate surface area is 179 Å². The van der Waals surface area contributed by atoms with E-state index in [1.807, 2.05) is 30.3 Å².